The molecule has 0 radical (unpaired) electrons. The van der Waals surface area contributed by atoms with E-state index in [2.05, 4.69) is 5.32 Å². The summed E-state index contributed by atoms with van der Waals surface area (Å²) in [5.74, 6) is 1.74. The highest BCUT2D eigenvalue weighted by Crippen LogP contribution is 2.34. The fourth-order valence-corrected chi connectivity index (χ4v) is 3.54. The number of rotatable bonds is 7. The van der Waals surface area contributed by atoms with E-state index in [-0.39, 0.29) is 24.1 Å². The number of amides is 1. The van der Waals surface area contributed by atoms with Crippen LogP contribution in [0.1, 0.15) is 44.7 Å². The first kappa shape index (κ1) is 19.9. The number of allylic oxidation sites excluding steroid dienone is 3. The van der Waals surface area contributed by atoms with E-state index in [1.807, 2.05) is 38.1 Å². The number of hydrogen-bond acceptors (Lipinski definition) is 4. The molecule has 27 heavy (non-hydrogen) atoms. The molecule has 1 aliphatic carbocycles. The summed E-state index contributed by atoms with van der Waals surface area (Å²) in [6.45, 7) is 4.15. The molecule has 1 heterocycles. The molecule has 1 aromatic carbocycles. The van der Waals surface area contributed by atoms with Gasteiger partial charge in [0.25, 0.3) is 5.91 Å². The lowest BCUT2D eigenvalue weighted by atomic mass is 10.1. The summed E-state index contributed by atoms with van der Waals surface area (Å²) < 4.78 is 16.6. The summed E-state index contributed by atoms with van der Waals surface area (Å²) in [4.78, 5) is 12.8. The Morgan fingerprint density at radius 2 is 2.15 bits per heavy atom. The topological polar surface area (TPSA) is 56.8 Å². The number of benzene rings is 1. The van der Waals surface area contributed by atoms with E-state index in [9.17, 15) is 4.79 Å². The Hall–Kier alpha value is -1.85. The normalized spacial score (nSPS) is 20.4. The van der Waals surface area contributed by atoms with E-state index < -0.39 is 6.10 Å². The van der Waals surface area contributed by atoms with Crippen molar-refractivity contribution in [3.63, 3.8) is 0 Å². The zero-order valence-corrected chi connectivity index (χ0v) is 16.8. The standard InChI is InChI=1S/C20H23Cl2NO4/c1-3-4-18(27-16-8-6-14(21)10-15(16)22)20(24)23-12(2)13-5-7-17-19(9-13)26-11-25-17/h5-9,12,14,18H,3-4,10-11H2,1-2H3,(H,23,24). The molecule has 1 N–H and O–H groups in total. The smallest absolute Gasteiger partial charge is 0.261 e. The van der Waals surface area contributed by atoms with Crippen molar-refractivity contribution in [2.24, 2.45) is 0 Å². The number of fused-ring (bicyclic) bond motifs is 1. The van der Waals surface area contributed by atoms with Gasteiger partial charge in [-0.2, -0.15) is 0 Å². The molecule has 3 unspecified atom stereocenters. The van der Waals surface area contributed by atoms with Crippen LogP contribution in [0.15, 0.2) is 41.1 Å². The van der Waals surface area contributed by atoms with Crippen LogP contribution < -0.4 is 14.8 Å². The van der Waals surface area contributed by atoms with Crippen LogP contribution in [0.3, 0.4) is 0 Å². The average Bonchev–Trinajstić information content (AvgIpc) is 3.11. The fourth-order valence-electron chi connectivity index (χ4n) is 2.96. The maximum Gasteiger partial charge on any atom is 0.261 e. The third-order valence-electron chi connectivity index (χ3n) is 4.47. The van der Waals surface area contributed by atoms with E-state index in [0.29, 0.717) is 35.1 Å². The second-order valence-electron chi connectivity index (χ2n) is 6.59. The molecule has 0 bridgehead atoms. The molecule has 3 atom stereocenters. The maximum absolute atomic E-state index is 12.8. The van der Waals surface area contributed by atoms with Crippen molar-refractivity contribution in [3.05, 3.63) is 46.7 Å². The van der Waals surface area contributed by atoms with Crippen LogP contribution in [0.2, 0.25) is 0 Å². The lowest BCUT2D eigenvalue weighted by Gasteiger charge is -2.24. The van der Waals surface area contributed by atoms with Crippen molar-refractivity contribution < 1.29 is 19.0 Å². The van der Waals surface area contributed by atoms with Crippen molar-refractivity contribution in [1.82, 2.24) is 5.32 Å². The van der Waals surface area contributed by atoms with Gasteiger partial charge in [-0.05, 0) is 37.1 Å². The number of halogens is 2. The molecule has 5 nitrogen and oxygen atoms in total. The number of ether oxygens (including phenoxy) is 3. The molecule has 0 saturated carbocycles. The predicted octanol–water partition coefficient (Wildman–Crippen LogP) is 4.80. The van der Waals surface area contributed by atoms with Gasteiger partial charge in [-0.3, -0.25) is 4.79 Å². The third-order valence-corrected chi connectivity index (χ3v) is 5.11. The molecule has 0 spiro atoms. The minimum Gasteiger partial charge on any atom is -0.479 e. The molecule has 2 aliphatic rings. The molecule has 146 valence electrons. The number of hydrogen-bond donors (Lipinski definition) is 1. The molecule has 0 aromatic heterocycles. The van der Waals surface area contributed by atoms with Gasteiger partial charge in [0.2, 0.25) is 6.79 Å². The summed E-state index contributed by atoms with van der Waals surface area (Å²) in [5, 5.41) is 3.40. The first-order valence-electron chi connectivity index (χ1n) is 9.05. The average molecular weight is 412 g/mol. The second-order valence-corrected chi connectivity index (χ2v) is 7.60. The van der Waals surface area contributed by atoms with Crippen LogP contribution in [-0.4, -0.2) is 24.2 Å². The van der Waals surface area contributed by atoms with E-state index >= 15 is 0 Å². The molecule has 1 aliphatic heterocycles. The van der Waals surface area contributed by atoms with Gasteiger partial charge in [0, 0.05) is 6.42 Å². The number of nitrogens with one attached hydrogen (secondary N) is 1. The van der Waals surface area contributed by atoms with Crippen LogP contribution in [-0.2, 0) is 9.53 Å². The van der Waals surface area contributed by atoms with Crippen LogP contribution in [0.4, 0.5) is 0 Å². The van der Waals surface area contributed by atoms with Crippen molar-refractivity contribution in [3.8, 4) is 11.5 Å². The van der Waals surface area contributed by atoms with Gasteiger partial charge in [-0.25, -0.2) is 0 Å². The number of alkyl halides is 1. The van der Waals surface area contributed by atoms with Gasteiger partial charge in [-0.1, -0.05) is 37.1 Å². The Labute approximate surface area is 169 Å². The van der Waals surface area contributed by atoms with E-state index in [4.69, 9.17) is 37.4 Å². The first-order chi connectivity index (χ1) is 13.0. The Kier molecular flexibility index (Phi) is 6.55. The lowest BCUT2D eigenvalue weighted by molar-refractivity contribution is -0.131. The Morgan fingerprint density at radius 3 is 2.89 bits per heavy atom. The minimum absolute atomic E-state index is 0.144. The molecule has 3 rings (SSSR count). The fraction of sp³-hybridized carbons (Fsp3) is 0.450. The molecule has 0 saturated heterocycles. The SMILES string of the molecule is CCCC(OC1=C(Cl)CC(Cl)C=C1)C(=O)NC(C)c1ccc2c(c1)OCO2. The quantitative estimate of drug-likeness (QED) is 0.654. The third kappa shape index (κ3) is 4.90. The Bertz CT molecular complexity index is 762. The molecule has 0 fully saturated rings. The number of carbonyl (C=O) groups is 1. The second kappa shape index (κ2) is 8.89. The van der Waals surface area contributed by atoms with Crippen LogP contribution in [0.25, 0.3) is 0 Å². The van der Waals surface area contributed by atoms with Crippen LogP contribution in [0.5, 0.6) is 11.5 Å². The highest BCUT2D eigenvalue weighted by molar-refractivity contribution is 6.31. The molecule has 7 heteroatoms. The first-order valence-corrected chi connectivity index (χ1v) is 9.87. The largest absolute Gasteiger partial charge is 0.479 e. The monoisotopic (exact) mass is 411 g/mol. The van der Waals surface area contributed by atoms with E-state index in [1.165, 1.54) is 0 Å². The summed E-state index contributed by atoms with van der Waals surface area (Å²) in [6, 6.07) is 5.44. The van der Waals surface area contributed by atoms with Crippen molar-refractivity contribution in [2.45, 2.75) is 50.6 Å². The summed E-state index contributed by atoms with van der Waals surface area (Å²) in [6.07, 6.45) is 4.84. The van der Waals surface area contributed by atoms with Gasteiger partial charge in [-0.15, -0.1) is 11.6 Å². The van der Waals surface area contributed by atoms with Gasteiger partial charge < -0.3 is 19.5 Å². The highest BCUT2D eigenvalue weighted by Gasteiger charge is 2.25. The molecular formula is C20H23Cl2NO4. The zero-order valence-electron chi connectivity index (χ0n) is 15.3. The van der Waals surface area contributed by atoms with Gasteiger partial charge in [0.1, 0.15) is 5.76 Å². The van der Waals surface area contributed by atoms with Gasteiger partial charge >= 0.3 is 0 Å². The minimum atomic E-state index is -0.619. The van der Waals surface area contributed by atoms with Gasteiger partial charge in [0.05, 0.1) is 16.5 Å². The summed E-state index contributed by atoms with van der Waals surface area (Å²) >= 11 is 12.3. The highest BCUT2D eigenvalue weighted by atomic mass is 35.5. The van der Waals surface area contributed by atoms with Crippen LogP contribution >= 0.6 is 23.2 Å². The Morgan fingerprint density at radius 1 is 1.37 bits per heavy atom. The van der Waals surface area contributed by atoms with E-state index in [0.717, 1.165) is 12.0 Å². The number of carbonyl (C=O) groups excluding carboxylic acids is 1. The molecule has 1 aromatic rings. The van der Waals surface area contributed by atoms with E-state index in [1.54, 1.807) is 6.08 Å². The summed E-state index contributed by atoms with van der Waals surface area (Å²) in [5.41, 5.74) is 0.933. The molecular weight excluding hydrogens is 389 g/mol. The Balaban J connectivity index is 1.66. The lowest BCUT2D eigenvalue weighted by Crippen LogP contribution is -2.38. The predicted molar refractivity (Wildman–Crippen MR) is 105 cm³/mol. The zero-order chi connectivity index (χ0) is 19.4. The maximum atomic E-state index is 12.8. The van der Waals surface area contributed by atoms with Crippen molar-refractivity contribution >= 4 is 29.1 Å². The van der Waals surface area contributed by atoms with Crippen LogP contribution in [0, 0.1) is 0 Å². The van der Waals surface area contributed by atoms with Crippen molar-refractivity contribution in [1.29, 1.82) is 0 Å². The van der Waals surface area contributed by atoms with Crippen molar-refractivity contribution in [2.75, 3.05) is 6.79 Å². The summed E-state index contributed by atoms with van der Waals surface area (Å²) in [7, 11) is 0. The van der Waals surface area contributed by atoms with Gasteiger partial charge in [0.15, 0.2) is 17.6 Å². The molecule has 1 amide bonds.